The standard InChI is InChI=1S/C13H7Br2Cl2NO2/c14-6-1-2-8(9(15)3-6)13(20)18-11-5-7(16)4-10(17)12(11)19/h1-5,19H,(H,18,20). The third-order valence-electron chi connectivity index (χ3n) is 2.45. The molecule has 0 heterocycles. The number of anilines is 1. The van der Waals surface area contributed by atoms with Crippen molar-refractivity contribution in [1.82, 2.24) is 0 Å². The van der Waals surface area contributed by atoms with E-state index in [4.69, 9.17) is 23.2 Å². The lowest BCUT2D eigenvalue weighted by atomic mass is 10.2. The van der Waals surface area contributed by atoms with E-state index in [0.29, 0.717) is 15.1 Å². The minimum Gasteiger partial charge on any atom is -0.504 e. The molecule has 0 radical (unpaired) electrons. The van der Waals surface area contributed by atoms with Crippen molar-refractivity contribution < 1.29 is 9.90 Å². The molecule has 0 aliphatic rings. The highest BCUT2D eigenvalue weighted by molar-refractivity contribution is 9.11. The van der Waals surface area contributed by atoms with Crippen LogP contribution in [0.25, 0.3) is 0 Å². The van der Waals surface area contributed by atoms with Gasteiger partial charge in [-0.15, -0.1) is 0 Å². The van der Waals surface area contributed by atoms with Crippen molar-refractivity contribution in [2.75, 3.05) is 5.32 Å². The van der Waals surface area contributed by atoms with Crippen LogP contribution in [-0.2, 0) is 0 Å². The topological polar surface area (TPSA) is 49.3 Å². The Kier molecular flexibility index (Phi) is 4.96. The summed E-state index contributed by atoms with van der Waals surface area (Å²) in [6, 6.07) is 7.95. The van der Waals surface area contributed by atoms with Crippen molar-refractivity contribution in [1.29, 1.82) is 0 Å². The molecule has 2 N–H and O–H groups in total. The van der Waals surface area contributed by atoms with E-state index in [-0.39, 0.29) is 16.5 Å². The van der Waals surface area contributed by atoms with Gasteiger partial charge in [-0.1, -0.05) is 39.1 Å². The molecular formula is C13H7Br2Cl2NO2. The molecule has 0 aliphatic heterocycles. The van der Waals surface area contributed by atoms with Crippen molar-refractivity contribution >= 4 is 66.7 Å². The van der Waals surface area contributed by atoms with Gasteiger partial charge >= 0.3 is 0 Å². The van der Waals surface area contributed by atoms with Crippen LogP contribution in [0.15, 0.2) is 39.3 Å². The van der Waals surface area contributed by atoms with E-state index in [0.717, 1.165) is 4.47 Å². The molecule has 1 amide bonds. The molecular weight excluding hydrogens is 433 g/mol. The Labute approximate surface area is 142 Å². The van der Waals surface area contributed by atoms with E-state index in [1.807, 2.05) is 0 Å². The maximum atomic E-state index is 12.2. The fourth-order valence-electron chi connectivity index (χ4n) is 1.52. The zero-order valence-electron chi connectivity index (χ0n) is 9.75. The second-order valence-corrected chi connectivity index (χ2v) is 6.48. The number of carbonyl (C=O) groups is 1. The van der Waals surface area contributed by atoms with Crippen LogP contribution in [0.2, 0.25) is 10.0 Å². The summed E-state index contributed by atoms with van der Waals surface area (Å²) in [7, 11) is 0. The number of aromatic hydroxyl groups is 1. The smallest absolute Gasteiger partial charge is 0.256 e. The summed E-state index contributed by atoms with van der Waals surface area (Å²) in [4.78, 5) is 12.2. The third kappa shape index (κ3) is 3.47. The quantitative estimate of drug-likeness (QED) is 0.609. The summed E-state index contributed by atoms with van der Waals surface area (Å²) in [6.45, 7) is 0. The van der Waals surface area contributed by atoms with Gasteiger partial charge in [0, 0.05) is 14.0 Å². The van der Waals surface area contributed by atoms with E-state index < -0.39 is 5.91 Å². The Hall–Kier alpha value is -0.750. The largest absolute Gasteiger partial charge is 0.504 e. The van der Waals surface area contributed by atoms with E-state index in [9.17, 15) is 9.90 Å². The summed E-state index contributed by atoms with van der Waals surface area (Å²) < 4.78 is 1.46. The lowest BCUT2D eigenvalue weighted by Crippen LogP contribution is -2.12. The molecule has 0 atom stereocenters. The van der Waals surface area contributed by atoms with Crippen molar-refractivity contribution in [2.24, 2.45) is 0 Å². The first-order chi connectivity index (χ1) is 9.38. The van der Waals surface area contributed by atoms with Gasteiger partial charge in [-0.05, 0) is 46.3 Å². The Morgan fingerprint density at radius 2 is 1.85 bits per heavy atom. The molecule has 104 valence electrons. The SMILES string of the molecule is O=C(Nc1cc(Cl)cc(Cl)c1O)c1ccc(Br)cc1Br. The average Bonchev–Trinajstić information content (AvgIpc) is 2.35. The molecule has 0 saturated heterocycles. The van der Waals surface area contributed by atoms with Crippen molar-refractivity contribution in [2.45, 2.75) is 0 Å². The average molecular weight is 440 g/mol. The molecule has 0 aromatic heterocycles. The highest BCUT2D eigenvalue weighted by atomic mass is 79.9. The molecule has 0 spiro atoms. The third-order valence-corrected chi connectivity index (χ3v) is 4.11. The van der Waals surface area contributed by atoms with Crippen molar-refractivity contribution in [3.8, 4) is 5.75 Å². The fourth-order valence-corrected chi connectivity index (χ4v) is 3.25. The maximum Gasteiger partial charge on any atom is 0.256 e. The van der Waals surface area contributed by atoms with E-state index in [2.05, 4.69) is 37.2 Å². The zero-order chi connectivity index (χ0) is 14.9. The van der Waals surface area contributed by atoms with Gasteiger partial charge in [0.25, 0.3) is 5.91 Å². The number of benzene rings is 2. The fraction of sp³-hybridized carbons (Fsp3) is 0. The molecule has 7 heteroatoms. The maximum absolute atomic E-state index is 12.2. The van der Waals surface area contributed by atoms with Crippen LogP contribution in [0.1, 0.15) is 10.4 Å². The molecule has 0 bridgehead atoms. The predicted octanol–water partition coefficient (Wildman–Crippen LogP) is 5.48. The molecule has 2 rings (SSSR count). The minimum atomic E-state index is -0.391. The molecule has 3 nitrogen and oxygen atoms in total. The molecule has 0 saturated carbocycles. The number of phenolic OH excluding ortho intramolecular Hbond substituents is 1. The summed E-state index contributed by atoms with van der Waals surface area (Å²) in [6.07, 6.45) is 0. The van der Waals surface area contributed by atoms with Gasteiger partial charge in [0.15, 0.2) is 5.75 Å². The molecule has 0 aliphatic carbocycles. The van der Waals surface area contributed by atoms with Gasteiger partial charge in [0.2, 0.25) is 0 Å². The highest BCUT2D eigenvalue weighted by Gasteiger charge is 2.14. The van der Waals surface area contributed by atoms with Crippen LogP contribution in [0.3, 0.4) is 0 Å². The van der Waals surface area contributed by atoms with Gasteiger partial charge in [-0.2, -0.15) is 0 Å². The summed E-state index contributed by atoms with van der Waals surface area (Å²) >= 11 is 18.3. The Morgan fingerprint density at radius 3 is 2.50 bits per heavy atom. The van der Waals surface area contributed by atoms with E-state index >= 15 is 0 Å². The lowest BCUT2D eigenvalue weighted by Gasteiger charge is -2.10. The lowest BCUT2D eigenvalue weighted by molar-refractivity contribution is 0.102. The van der Waals surface area contributed by atoms with Gasteiger partial charge in [-0.25, -0.2) is 0 Å². The van der Waals surface area contributed by atoms with Crippen LogP contribution in [0.5, 0.6) is 5.75 Å². The van der Waals surface area contributed by atoms with Crippen LogP contribution in [0, 0.1) is 0 Å². The number of nitrogens with one attached hydrogen (secondary N) is 1. The molecule has 20 heavy (non-hydrogen) atoms. The Morgan fingerprint density at radius 1 is 1.15 bits per heavy atom. The Bertz CT molecular complexity index is 692. The number of halogens is 4. The predicted molar refractivity (Wildman–Crippen MR) is 87.9 cm³/mol. The normalized spacial score (nSPS) is 10.4. The molecule has 2 aromatic carbocycles. The van der Waals surface area contributed by atoms with Gasteiger partial charge in [0.05, 0.1) is 16.3 Å². The summed E-state index contributed by atoms with van der Waals surface area (Å²) in [5, 5.41) is 12.8. The van der Waals surface area contributed by atoms with Crippen molar-refractivity contribution in [3.63, 3.8) is 0 Å². The first-order valence-electron chi connectivity index (χ1n) is 5.33. The summed E-state index contributed by atoms with van der Waals surface area (Å²) in [5.74, 6) is -0.615. The monoisotopic (exact) mass is 437 g/mol. The van der Waals surface area contributed by atoms with Crippen LogP contribution < -0.4 is 5.32 Å². The van der Waals surface area contributed by atoms with Crippen LogP contribution in [-0.4, -0.2) is 11.0 Å². The number of hydrogen-bond acceptors (Lipinski definition) is 2. The summed E-state index contributed by atoms with van der Waals surface area (Å²) in [5.41, 5.74) is 0.575. The zero-order valence-corrected chi connectivity index (χ0v) is 14.4. The van der Waals surface area contributed by atoms with E-state index in [1.165, 1.54) is 12.1 Å². The number of carbonyl (C=O) groups excluding carboxylic acids is 1. The second kappa shape index (κ2) is 6.35. The number of phenols is 1. The number of amides is 1. The second-order valence-electron chi connectivity index (χ2n) is 3.86. The van der Waals surface area contributed by atoms with Gasteiger partial charge in [0.1, 0.15) is 0 Å². The first kappa shape index (κ1) is 15.6. The number of hydrogen-bond donors (Lipinski definition) is 2. The van der Waals surface area contributed by atoms with Crippen molar-refractivity contribution in [3.05, 3.63) is 54.9 Å². The molecule has 0 unspecified atom stereocenters. The Balaban J connectivity index is 2.32. The highest BCUT2D eigenvalue weighted by Crippen LogP contribution is 2.35. The molecule has 2 aromatic rings. The van der Waals surface area contributed by atoms with Crippen LogP contribution in [0.4, 0.5) is 5.69 Å². The van der Waals surface area contributed by atoms with Gasteiger partial charge < -0.3 is 10.4 Å². The minimum absolute atomic E-state index is 0.0719. The van der Waals surface area contributed by atoms with Crippen LogP contribution >= 0.6 is 55.1 Å². The first-order valence-corrected chi connectivity index (χ1v) is 7.67. The van der Waals surface area contributed by atoms with E-state index in [1.54, 1.807) is 18.2 Å². The van der Waals surface area contributed by atoms with Gasteiger partial charge in [-0.3, -0.25) is 4.79 Å². The molecule has 0 fully saturated rings. The number of rotatable bonds is 2.